The molecule has 1 amide bonds. The normalized spacial score (nSPS) is 17.1. The molecule has 0 aliphatic heterocycles. The Morgan fingerprint density at radius 2 is 1.82 bits per heavy atom. The predicted octanol–water partition coefficient (Wildman–Crippen LogP) is 5.14. The number of aliphatic hydroxyl groups excluding tert-OH is 1. The number of rotatable bonds is 9. The Labute approximate surface area is 223 Å². The van der Waals surface area contributed by atoms with Crippen LogP contribution in [-0.2, 0) is 17.4 Å². The molecule has 2 unspecified atom stereocenters. The molecule has 0 radical (unpaired) electrons. The van der Waals surface area contributed by atoms with Crippen molar-refractivity contribution in [3.8, 4) is 0 Å². The zero-order chi connectivity index (χ0) is 27.3. The Bertz CT molecular complexity index is 1200. The third kappa shape index (κ3) is 6.85. The molecule has 6 nitrogen and oxygen atoms in total. The fraction of sp³-hybridized carbons (Fsp3) is 0.467. The summed E-state index contributed by atoms with van der Waals surface area (Å²) < 4.78 is 27.8. The van der Waals surface area contributed by atoms with Crippen LogP contribution in [0.3, 0.4) is 0 Å². The number of halogens is 2. The van der Waals surface area contributed by atoms with E-state index in [1.54, 1.807) is 0 Å². The summed E-state index contributed by atoms with van der Waals surface area (Å²) in [5, 5.41) is 24.3. The van der Waals surface area contributed by atoms with E-state index < -0.39 is 29.7 Å². The number of H-pyrrole nitrogens is 1. The Kier molecular flexibility index (Phi) is 8.63. The summed E-state index contributed by atoms with van der Waals surface area (Å²) in [6.07, 6.45) is 7.09. The van der Waals surface area contributed by atoms with Crippen LogP contribution in [0, 0.1) is 11.6 Å². The van der Waals surface area contributed by atoms with Crippen LogP contribution in [0.15, 0.2) is 54.9 Å². The number of aromatic nitrogens is 2. The third-order valence-corrected chi connectivity index (χ3v) is 7.56. The second-order valence-electron chi connectivity index (χ2n) is 11.5. The van der Waals surface area contributed by atoms with Crippen LogP contribution >= 0.6 is 0 Å². The first-order valence-corrected chi connectivity index (χ1v) is 13.3. The maximum absolute atomic E-state index is 13.9. The molecule has 4 N–H and O–H groups in total. The highest BCUT2D eigenvalue weighted by Crippen LogP contribution is 2.38. The molecule has 8 heteroatoms. The molecule has 0 spiro atoms. The van der Waals surface area contributed by atoms with E-state index in [9.17, 15) is 18.7 Å². The highest BCUT2D eigenvalue weighted by atomic mass is 19.1. The zero-order valence-corrected chi connectivity index (χ0v) is 22.4. The number of aromatic amines is 1. The molecule has 1 saturated carbocycles. The number of nitrogens with one attached hydrogen (secondary N) is 3. The standard InChI is InChI=1S/C30H38F2N4O2/c1-29(2,3)22-8-7-9-23(15-22)30(10-5-4-6-11-30)33-19-27(37)26(36-28(38)21-17-34-35-18-21)14-20-12-24(31)16-25(32)13-20/h7-9,12-13,15-18,26-27,33,37H,4-6,10-11,14,19H2,1-3H3,(H,34,35)(H,36,38). The first kappa shape index (κ1) is 27.9. The summed E-state index contributed by atoms with van der Waals surface area (Å²) in [5.41, 5.74) is 2.81. The van der Waals surface area contributed by atoms with Gasteiger partial charge in [0.05, 0.1) is 23.9 Å². The van der Waals surface area contributed by atoms with Crippen LogP contribution in [0.25, 0.3) is 0 Å². The van der Waals surface area contributed by atoms with E-state index >= 15 is 0 Å². The summed E-state index contributed by atoms with van der Waals surface area (Å²) in [6.45, 7) is 6.78. The minimum atomic E-state index is -1.01. The molecule has 3 aromatic rings. The fourth-order valence-corrected chi connectivity index (χ4v) is 5.34. The van der Waals surface area contributed by atoms with E-state index in [2.05, 4.69) is 65.9 Å². The van der Waals surface area contributed by atoms with Crippen molar-refractivity contribution in [2.45, 2.75) is 82.4 Å². The molecular formula is C30H38F2N4O2. The number of carbonyl (C=O) groups excluding carboxylic acids is 1. The molecule has 1 aliphatic rings. The topological polar surface area (TPSA) is 90.0 Å². The van der Waals surface area contributed by atoms with Crippen molar-refractivity contribution in [3.63, 3.8) is 0 Å². The molecule has 0 bridgehead atoms. The van der Waals surface area contributed by atoms with E-state index in [1.807, 2.05) is 0 Å². The lowest BCUT2D eigenvalue weighted by Crippen LogP contribution is -2.53. The van der Waals surface area contributed by atoms with Crippen LogP contribution < -0.4 is 10.6 Å². The molecule has 1 fully saturated rings. The van der Waals surface area contributed by atoms with Crippen LogP contribution in [0.4, 0.5) is 8.78 Å². The Morgan fingerprint density at radius 3 is 2.45 bits per heavy atom. The van der Waals surface area contributed by atoms with Gasteiger partial charge in [-0.1, -0.05) is 64.3 Å². The first-order valence-electron chi connectivity index (χ1n) is 13.3. The molecular weight excluding hydrogens is 486 g/mol. The Hall–Kier alpha value is -3.10. The van der Waals surface area contributed by atoms with Gasteiger partial charge in [0.25, 0.3) is 5.91 Å². The zero-order valence-electron chi connectivity index (χ0n) is 22.4. The number of hydrogen-bond acceptors (Lipinski definition) is 4. The highest BCUT2D eigenvalue weighted by molar-refractivity contribution is 5.93. The van der Waals surface area contributed by atoms with Crippen molar-refractivity contribution in [2.24, 2.45) is 0 Å². The number of benzene rings is 2. The van der Waals surface area contributed by atoms with E-state index in [-0.39, 0.29) is 23.9 Å². The molecule has 38 heavy (non-hydrogen) atoms. The maximum atomic E-state index is 13.9. The minimum absolute atomic E-state index is 0.00801. The average Bonchev–Trinajstić information content (AvgIpc) is 3.42. The average molecular weight is 525 g/mol. The third-order valence-electron chi connectivity index (χ3n) is 7.56. The van der Waals surface area contributed by atoms with Gasteiger partial charge in [0.15, 0.2) is 0 Å². The molecule has 1 aliphatic carbocycles. The Morgan fingerprint density at radius 1 is 1.11 bits per heavy atom. The summed E-state index contributed by atoms with van der Waals surface area (Å²) in [6, 6.07) is 11.1. The number of nitrogens with zero attached hydrogens (tertiary/aromatic N) is 1. The maximum Gasteiger partial charge on any atom is 0.254 e. The van der Waals surface area contributed by atoms with E-state index in [0.29, 0.717) is 11.1 Å². The number of amides is 1. The van der Waals surface area contributed by atoms with Crippen LogP contribution in [0.1, 0.15) is 79.9 Å². The van der Waals surface area contributed by atoms with E-state index in [0.717, 1.165) is 31.7 Å². The second-order valence-corrected chi connectivity index (χ2v) is 11.5. The first-order chi connectivity index (χ1) is 18.1. The van der Waals surface area contributed by atoms with Crippen molar-refractivity contribution < 1.29 is 18.7 Å². The van der Waals surface area contributed by atoms with Crippen molar-refractivity contribution in [3.05, 3.63) is 88.7 Å². The Balaban J connectivity index is 1.56. The van der Waals surface area contributed by atoms with Crippen LogP contribution in [0.2, 0.25) is 0 Å². The molecule has 2 aromatic carbocycles. The van der Waals surface area contributed by atoms with Crippen molar-refractivity contribution in [2.75, 3.05) is 6.54 Å². The lowest BCUT2D eigenvalue weighted by Gasteiger charge is -2.41. The van der Waals surface area contributed by atoms with Gasteiger partial charge >= 0.3 is 0 Å². The van der Waals surface area contributed by atoms with Gasteiger partial charge in [0, 0.05) is 24.3 Å². The lowest BCUT2D eigenvalue weighted by atomic mass is 9.74. The smallest absolute Gasteiger partial charge is 0.254 e. The van der Waals surface area contributed by atoms with E-state index in [1.165, 1.54) is 42.1 Å². The molecule has 1 aromatic heterocycles. The second kappa shape index (κ2) is 11.7. The predicted molar refractivity (Wildman–Crippen MR) is 144 cm³/mol. The van der Waals surface area contributed by atoms with Crippen LogP contribution in [-0.4, -0.2) is 39.9 Å². The summed E-state index contributed by atoms with van der Waals surface area (Å²) in [5.74, 6) is -1.83. The number of hydrogen-bond donors (Lipinski definition) is 4. The largest absolute Gasteiger partial charge is 0.390 e. The van der Waals surface area contributed by atoms with Crippen molar-refractivity contribution in [1.82, 2.24) is 20.8 Å². The molecule has 0 saturated heterocycles. The van der Waals surface area contributed by atoms with Crippen molar-refractivity contribution >= 4 is 5.91 Å². The number of carbonyl (C=O) groups is 1. The van der Waals surface area contributed by atoms with Gasteiger partial charge in [-0.05, 0) is 53.5 Å². The van der Waals surface area contributed by atoms with Gasteiger partial charge < -0.3 is 15.7 Å². The molecule has 2 atom stereocenters. The van der Waals surface area contributed by atoms with Gasteiger partial charge in [0.2, 0.25) is 0 Å². The highest BCUT2D eigenvalue weighted by Gasteiger charge is 2.35. The van der Waals surface area contributed by atoms with Gasteiger partial charge in [0.1, 0.15) is 11.6 Å². The van der Waals surface area contributed by atoms with Gasteiger partial charge in [-0.2, -0.15) is 5.10 Å². The summed E-state index contributed by atoms with van der Waals surface area (Å²) in [7, 11) is 0. The van der Waals surface area contributed by atoms with Gasteiger partial charge in [-0.3, -0.25) is 9.89 Å². The SMILES string of the molecule is CC(C)(C)c1cccc(C2(NCC(O)C(Cc3cc(F)cc(F)c3)NC(=O)c3cn[nH]c3)CCCCC2)c1. The fourth-order valence-electron chi connectivity index (χ4n) is 5.34. The monoisotopic (exact) mass is 524 g/mol. The summed E-state index contributed by atoms with van der Waals surface area (Å²) in [4.78, 5) is 12.8. The van der Waals surface area contributed by atoms with Gasteiger partial charge in [-0.15, -0.1) is 0 Å². The quantitative estimate of drug-likeness (QED) is 0.312. The molecule has 1 heterocycles. The molecule has 4 rings (SSSR count). The summed E-state index contributed by atoms with van der Waals surface area (Å²) >= 11 is 0. The van der Waals surface area contributed by atoms with Crippen LogP contribution in [0.5, 0.6) is 0 Å². The van der Waals surface area contributed by atoms with Gasteiger partial charge in [-0.25, -0.2) is 8.78 Å². The molecule has 204 valence electrons. The van der Waals surface area contributed by atoms with Crippen molar-refractivity contribution in [1.29, 1.82) is 0 Å². The van der Waals surface area contributed by atoms with E-state index in [4.69, 9.17) is 0 Å². The minimum Gasteiger partial charge on any atom is -0.390 e. The number of aliphatic hydroxyl groups is 1. The lowest BCUT2D eigenvalue weighted by molar-refractivity contribution is 0.0788.